The summed E-state index contributed by atoms with van der Waals surface area (Å²) in [5, 5.41) is 0. The highest BCUT2D eigenvalue weighted by atomic mass is 15.1. The molecule has 0 spiro atoms. The van der Waals surface area contributed by atoms with Crippen LogP contribution >= 0.6 is 0 Å². The predicted octanol–water partition coefficient (Wildman–Crippen LogP) is 2.70. The summed E-state index contributed by atoms with van der Waals surface area (Å²) < 4.78 is 0. The van der Waals surface area contributed by atoms with E-state index in [4.69, 9.17) is 5.73 Å². The first-order chi connectivity index (χ1) is 8.08. The van der Waals surface area contributed by atoms with Gasteiger partial charge in [-0.25, -0.2) is 0 Å². The molecule has 0 unspecified atom stereocenters. The van der Waals surface area contributed by atoms with Gasteiger partial charge in [-0.15, -0.1) is 0 Å². The Morgan fingerprint density at radius 1 is 1.24 bits per heavy atom. The van der Waals surface area contributed by atoms with Crippen LogP contribution in [0, 0.1) is 0 Å². The molecule has 1 aliphatic carbocycles. The molecule has 2 aliphatic rings. The van der Waals surface area contributed by atoms with Gasteiger partial charge in [0.15, 0.2) is 0 Å². The molecule has 0 radical (unpaired) electrons. The third kappa shape index (κ3) is 1.75. The molecular weight excluding hydrogens is 208 g/mol. The van der Waals surface area contributed by atoms with E-state index in [-0.39, 0.29) is 0 Å². The highest BCUT2D eigenvalue weighted by Gasteiger charge is 2.37. The van der Waals surface area contributed by atoms with E-state index in [1.165, 1.54) is 43.4 Å². The second kappa shape index (κ2) is 3.74. The topological polar surface area (TPSA) is 29.3 Å². The Bertz CT molecular complexity index is 452. The average Bonchev–Trinajstić information content (AvgIpc) is 2.37. The molecule has 0 amide bonds. The first-order valence-corrected chi connectivity index (χ1v) is 6.69. The highest BCUT2D eigenvalue weighted by molar-refractivity contribution is 5.54. The molecule has 0 fully saturated rings. The average molecular weight is 230 g/mol. The lowest BCUT2D eigenvalue weighted by Crippen LogP contribution is -2.42. The van der Waals surface area contributed by atoms with Crippen LogP contribution in [0.3, 0.4) is 0 Å². The van der Waals surface area contributed by atoms with Crippen LogP contribution in [0.25, 0.3) is 0 Å². The normalized spacial score (nSPS) is 28.6. The highest BCUT2D eigenvalue weighted by Crippen LogP contribution is 2.42. The van der Waals surface area contributed by atoms with Crippen molar-refractivity contribution in [3.8, 4) is 0 Å². The number of hydrogen-bond donors (Lipinski definition) is 1. The zero-order valence-electron chi connectivity index (χ0n) is 10.9. The van der Waals surface area contributed by atoms with Crippen LogP contribution in [0.15, 0.2) is 12.1 Å². The van der Waals surface area contributed by atoms with Gasteiger partial charge < -0.3 is 10.6 Å². The summed E-state index contributed by atoms with van der Waals surface area (Å²) in [7, 11) is 2.22. The Labute approximate surface area is 104 Å². The van der Waals surface area contributed by atoms with Gasteiger partial charge in [-0.3, -0.25) is 0 Å². The van der Waals surface area contributed by atoms with Crippen LogP contribution in [0.2, 0.25) is 0 Å². The molecule has 2 N–H and O–H groups in total. The zero-order valence-corrected chi connectivity index (χ0v) is 10.9. The number of hydrogen-bond acceptors (Lipinski definition) is 2. The van der Waals surface area contributed by atoms with E-state index in [2.05, 4.69) is 31.0 Å². The van der Waals surface area contributed by atoms with Crippen molar-refractivity contribution >= 4 is 5.69 Å². The second-order valence-electron chi connectivity index (χ2n) is 6.15. The molecule has 1 heterocycles. The third-order valence-corrected chi connectivity index (χ3v) is 4.41. The molecule has 1 atom stereocenters. The fraction of sp³-hybridized carbons (Fsp3) is 0.600. The lowest BCUT2D eigenvalue weighted by molar-refractivity contribution is 0.213. The Balaban J connectivity index is 2.22. The minimum absolute atomic E-state index is 0.349. The van der Waals surface area contributed by atoms with Gasteiger partial charge in [0.2, 0.25) is 0 Å². The van der Waals surface area contributed by atoms with E-state index in [1.54, 1.807) is 5.56 Å². The summed E-state index contributed by atoms with van der Waals surface area (Å²) in [6.07, 6.45) is 5.20. The van der Waals surface area contributed by atoms with Gasteiger partial charge in [0.05, 0.1) is 0 Å². The van der Waals surface area contributed by atoms with E-state index in [9.17, 15) is 0 Å². The van der Waals surface area contributed by atoms with E-state index in [1.807, 2.05) is 0 Å². The van der Waals surface area contributed by atoms with Gasteiger partial charge in [0, 0.05) is 24.2 Å². The van der Waals surface area contributed by atoms with Gasteiger partial charge in [0.25, 0.3) is 0 Å². The molecule has 1 aromatic rings. The summed E-state index contributed by atoms with van der Waals surface area (Å²) in [5.74, 6) is 0. The van der Waals surface area contributed by atoms with E-state index in [0.29, 0.717) is 5.41 Å². The Hall–Kier alpha value is -1.02. The number of nitrogens with zero attached hydrogens (tertiary/aromatic N) is 1. The van der Waals surface area contributed by atoms with Crippen LogP contribution in [0.5, 0.6) is 0 Å². The van der Waals surface area contributed by atoms with Gasteiger partial charge in [-0.1, -0.05) is 13.3 Å². The van der Waals surface area contributed by atoms with Crippen LogP contribution in [0.1, 0.15) is 42.9 Å². The second-order valence-corrected chi connectivity index (χ2v) is 6.15. The lowest BCUT2D eigenvalue weighted by atomic mass is 9.73. The molecule has 0 saturated heterocycles. The molecule has 2 heteroatoms. The number of aryl methyl sites for hydroxylation is 1. The van der Waals surface area contributed by atoms with Crippen molar-refractivity contribution in [1.82, 2.24) is 4.90 Å². The summed E-state index contributed by atoms with van der Waals surface area (Å²) in [4.78, 5) is 2.44. The van der Waals surface area contributed by atoms with Crippen molar-refractivity contribution in [2.45, 2.75) is 44.6 Å². The minimum atomic E-state index is 0.349. The maximum absolute atomic E-state index is 6.05. The van der Waals surface area contributed by atoms with Crippen molar-refractivity contribution in [2.24, 2.45) is 0 Å². The molecule has 0 aromatic heterocycles. The van der Waals surface area contributed by atoms with Crippen LogP contribution in [0.4, 0.5) is 5.69 Å². The Morgan fingerprint density at radius 2 is 2.00 bits per heavy atom. The SMILES string of the molecule is CN1Cc2cc(N)cc3c2[C@@](C)(CCCC3)C1. The maximum Gasteiger partial charge on any atom is 0.0320 e. The van der Waals surface area contributed by atoms with Crippen molar-refractivity contribution in [2.75, 3.05) is 19.3 Å². The largest absolute Gasteiger partial charge is 0.399 e. The van der Waals surface area contributed by atoms with Gasteiger partial charge >= 0.3 is 0 Å². The quantitative estimate of drug-likeness (QED) is 0.694. The number of rotatable bonds is 0. The Kier molecular flexibility index (Phi) is 2.44. The molecule has 1 aromatic carbocycles. The van der Waals surface area contributed by atoms with Crippen molar-refractivity contribution in [1.29, 1.82) is 0 Å². The van der Waals surface area contributed by atoms with Crippen LogP contribution in [-0.4, -0.2) is 18.5 Å². The molecule has 0 saturated carbocycles. The summed E-state index contributed by atoms with van der Waals surface area (Å²) in [6.45, 7) is 4.69. The number of nitrogen functional groups attached to an aromatic ring is 1. The van der Waals surface area contributed by atoms with E-state index >= 15 is 0 Å². The molecule has 1 aliphatic heterocycles. The maximum atomic E-state index is 6.05. The van der Waals surface area contributed by atoms with Gasteiger partial charge in [-0.2, -0.15) is 0 Å². The molecule has 2 nitrogen and oxygen atoms in total. The van der Waals surface area contributed by atoms with Crippen LogP contribution < -0.4 is 5.73 Å². The smallest absolute Gasteiger partial charge is 0.0320 e. The van der Waals surface area contributed by atoms with E-state index < -0.39 is 0 Å². The summed E-state index contributed by atoms with van der Waals surface area (Å²) in [5.41, 5.74) is 12.0. The fourth-order valence-corrected chi connectivity index (χ4v) is 3.95. The first-order valence-electron chi connectivity index (χ1n) is 6.69. The first kappa shape index (κ1) is 11.1. The molecule has 17 heavy (non-hydrogen) atoms. The standard InChI is InChI=1S/C15H22N2/c1-15-6-4-3-5-11-7-13(16)8-12(14(11)15)9-17(2)10-15/h7-8H,3-6,9-10,16H2,1-2H3/t15-/m0/s1. The van der Waals surface area contributed by atoms with E-state index in [0.717, 1.165) is 12.2 Å². The number of nitrogens with two attached hydrogens (primary N) is 1. The predicted molar refractivity (Wildman–Crippen MR) is 72.1 cm³/mol. The molecule has 3 rings (SSSR count). The molecule has 92 valence electrons. The van der Waals surface area contributed by atoms with Crippen molar-refractivity contribution in [3.05, 3.63) is 28.8 Å². The van der Waals surface area contributed by atoms with Crippen LogP contribution in [-0.2, 0) is 18.4 Å². The van der Waals surface area contributed by atoms with Crippen molar-refractivity contribution < 1.29 is 0 Å². The monoisotopic (exact) mass is 230 g/mol. The summed E-state index contributed by atoms with van der Waals surface area (Å²) >= 11 is 0. The van der Waals surface area contributed by atoms with Gasteiger partial charge in [-0.05, 0) is 55.1 Å². The molecular formula is C15H22N2. The minimum Gasteiger partial charge on any atom is -0.399 e. The zero-order chi connectivity index (χ0) is 12.0. The Morgan fingerprint density at radius 3 is 2.82 bits per heavy atom. The number of anilines is 1. The summed E-state index contributed by atoms with van der Waals surface area (Å²) in [6, 6.07) is 4.41. The third-order valence-electron chi connectivity index (χ3n) is 4.41. The van der Waals surface area contributed by atoms with Gasteiger partial charge in [0.1, 0.15) is 0 Å². The fourth-order valence-electron chi connectivity index (χ4n) is 3.95. The molecule has 0 bridgehead atoms. The van der Waals surface area contributed by atoms with Crippen molar-refractivity contribution in [3.63, 3.8) is 0 Å². The number of benzene rings is 1. The number of likely N-dealkylation sites (N-methyl/N-ethyl adjacent to an activating group) is 1. The lowest BCUT2D eigenvalue weighted by Gasteiger charge is -2.41.